The molecule has 86 valence electrons. The van der Waals surface area contributed by atoms with Crippen molar-refractivity contribution >= 4 is 5.91 Å². The lowest BCUT2D eigenvalue weighted by Gasteiger charge is -2.26. The second-order valence-corrected chi connectivity index (χ2v) is 5.19. The molecule has 0 bridgehead atoms. The van der Waals surface area contributed by atoms with Crippen molar-refractivity contribution in [1.82, 2.24) is 4.90 Å². The average Bonchev–Trinajstić information content (AvgIpc) is 2.43. The molecule has 0 spiro atoms. The molecule has 0 aromatic carbocycles. The molecule has 1 saturated heterocycles. The first-order valence-corrected chi connectivity index (χ1v) is 6.24. The minimum Gasteiger partial charge on any atom is -0.338 e. The number of carbonyl (C=O) groups excluding carboxylic acids is 1. The summed E-state index contributed by atoms with van der Waals surface area (Å²) in [5.74, 6) is 1.02. The number of nitrogens with two attached hydrogens (primary N) is 1. The first kappa shape index (κ1) is 10.9. The molecule has 1 saturated carbocycles. The van der Waals surface area contributed by atoms with Gasteiger partial charge in [0, 0.05) is 12.6 Å². The lowest BCUT2D eigenvalue weighted by Crippen LogP contribution is -2.40. The standard InChI is InChI=1S/C12H22N2O/c1-9-3-2-4-10(6-5-9)14-8-7-11(13)12(14)15/h9-11H,2-8,13H2,1H3. The van der Waals surface area contributed by atoms with Gasteiger partial charge in [-0.15, -0.1) is 0 Å². The lowest BCUT2D eigenvalue weighted by molar-refractivity contribution is -0.130. The van der Waals surface area contributed by atoms with Gasteiger partial charge in [0.1, 0.15) is 0 Å². The van der Waals surface area contributed by atoms with Crippen LogP contribution in [0.4, 0.5) is 0 Å². The highest BCUT2D eigenvalue weighted by Gasteiger charge is 2.33. The first-order valence-electron chi connectivity index (χ1n) is 6.24. The minimum absolute atomic E-state index is 0.189. The molecule has 15 heavy (non-hydrogen) atoms. The summed E-state index contributed by atoms with van der Waals surface area (Å²) in [6.07, 6.45) is 7.08. The quantitative estimate of drug-likeness (QED) is 0.667. The summed E-state index contributed by atoms with van der Waals surface area (Å²) >= 11 is 0. The van der Waals surface area contributed by atoms with Gasteiger partial charge >= 0.3 is 0 Å². The summed E-state index contributed by atoms with van der Waals surface area (Å²) < 4.78 is 0. The molecule has 1 amide bonds. The van der Waals surface area contributed by atoms with E-state index < -0.39 is 0 Å². The van der Waals surface area contributed by atoms with Crippen molar-refractivity contribution in [3.05, 3.63) is 0 Å². The fourth-order valence-corrected chi connectivity index (χ4v) is 2.87. The molecular weight excluding hydrogens is 188 g/mol. The number of hydrogen-bond acceptors (Lipinski definition) is 2. The topological polar surface area (TPSA) is 46.3 Å². The van der Waals surface area contributed by atoms with Crippen molar-refractivity contribution in [2.75, 3.05) is 6.54 Å². The normalized spacial score (nSPS) is 38.1. The van der Waals surface area contributed by atoms with E-state index in [9.17, 15) is 4.79 Å². The number of rotatable bonds is 1. The zero-order valence-electron chi connectivity index (χ0n) is 9.61. The van der Waals surface area contributed by atoms with Crippen molar-refractivity contribution in [3.8, 4) is 0 Å². The van der Waals surface area contributed by atoms with Crippen molar-refractivity contribution in [3.63, 3.8) is 0 Å². The van der Waals surface area contributed by atoms with Crippen LogP contribution in [0.15, 0.2) is 0 Å². The summed E-state index contributed by atoms with van der Waals surface area (Å²) in [7, 11) is 0. The summed E-state index contributed by atoms with van der Waals surface area (Å²) in [6, 6.07) is 0.265. The van der Waals surface area contributed by atoms with Gasteiger partial charge in [-0.25, -0.2) is 0 Å². The third-order valence-electron chi connectivity index (χ3n) is 3.95. The average molecular weight is 210 g/mol. The van der Waals surface area contributed by atoms with E-state index in [1.54, 1.807) is 0 Å². The predicted molar refractivity (Wildman–Crippen MR) is 60.3 cm³/mol. The molecule has 0 radical (unpaired) electrons. The number of carbonyl (C=O) groups is 1. The smallest absolute Gasteiger partial charge is 0.239 e. The molecule has 1 aliphatic heterocycles. The highest BCUT2D eigenvalue weighted by Crippen LogP contribution is 2.28. The number of hydrogen-bond donors (Lipinski definition) is 1. The van der Waals surface area contributed by atoms with Crippen molar-refractivity contribution in [2.24, 2.45) is 11.7 Å². The van der Waals surface area contributed by atoms with Crippen LogP contribution in [-0.4, -0.2) is 29.4 Å². The van der Waals surface area contributed by atoms with Gasteiger partial charge in [0.25, 0.3) is 0 Å². The van der Waals surface area contributed by atoms with Crippen molar-refractivity contribution in [1.29, 1.82) is 0 Å². The third kappa shape index (κ3) is 2.33. The third-order valence-corrected chi connectivity index (χ3v) is 3.95. The largest absolute Gasteiger partial charge is 0.338 e. The Labute approximate surface area is 92.0 Å². The molecule has 2 rings (SSSR count). The summed E-state index contributed by atoms with van der Waals surface area (Å²) in [5.41, 5.74) is 5.75. The van der Waals surface area contributed by atoms with Gasteiger partial charge in [-0.2, -0.15) is 0 Å². The Morgan fingerprint density at radius 3 is 2.67 bits per heavy atom. The number of likely N-dealkylation sites (tertiary alicyclic amines) is 1. The zero-order chi connectivity index (χ0) is 10.8. The van der Waals surface area contributed by atoms with Gasteiger partial charge in [0.15, 0.2) is 0 Å². The van der Waals surface area contributed by atoms with Crippen LogP contribution in [0.25, 0.3) is 0 Å². The van der Waals surface area contributed by atoms with E-state index in [0.29, 0.717) is 6.04 Å². The Morgan fingerprint density at radius 1 is 1.20 bits per heavy atom. The van der Waals surface area contributed by atoms with E-state index in [1.165, 1.54) is 32.1 Å². The maximum atomic E-state index is 11.8. The van der Waals surface area contributed by atoms with Crippen LogP contribution in [0.2, 0.25) is 0 Å². The Hall–Kier alpha value is -0.570. The van der Waals surface area contributed by atoms with Crippen LogP contribution in [0.1, 0.15) is 45.4 Å². The van der Waals surface area contributed by atoms with E-state index >= 15 is 0 Å². The highest BCUT2D eigenvalue weighted by molar-refractivity contribution is 5.84. The summed E-state index contributed by atoms with van der Waals surface area (Å²) in [5, 5.41) is 0. The van der Waals surface area contributed by atoms with Gasteiger partial charge in [0.05, 0.1) is 6.04 Å². The Balaban J connectivity index is 1.95. The number of amides is 1. The Kier molecular flexibility index (Phi) is 3.29. The highest BCUT2D eigenvalue weighted by atomic mass is 16.2. The second-order valence-electron chi connectivity index (χ2n) is 5.19. The van der Waals surface area contributed by atoms with Crippen LogP contribution in [0, 0.1) is 5.92 Å². The van der Waals surface area contributed by atoms with Gasteiger partial charge < -0.3 is 10.6 Å². The maximum absolute atomic E-state index is 11.8. The maximum Gasteiger partial charge on any atom is 0.239 e. The Morgan fingerprint density at radius 2 is 2.00 bits per heavy atom. The van der Waals surface area contributed by atoms with Gasteiger partial charge in [-0.05, 0) is 31.6 Å². The molecule has 2 aliphatic rings. The van der Waals surface area contributed by atoms with Crippen LogP contribution in [-0.2, 0) is 4.79 Å². The molecule has 0 aromatic heterocycles. The molecule has 3 unspecified atom stereocenters. The summed E-state index contributed by atoms with van der Waals surface area (Å²) in [4.78, 5) is 13.8. The van der Waals surface area contributed by atoms with Crippen LogP contribution in [0.5, 0.6) is 0 Å². The zero-order valence-corrected chi connectivity index (χ0v) is 9.61. The molecule has 2 fully saturated rings. The van der Waals surface area contributed by atoms with Crippen LogP contribution in [0.3, 0.4) is 0 Å². The predicted octanol–water partition coefficient (Wildman–Crippen LogP) is 1.51. The molecular formula is C12H22N2O. The number of nitrogens with zero attached hydrogens (tertiary/aromatic N) is 1. The van der Waals surface area contributed by atoms with Crippen LogP contribution < -0.4 is 5.73 Å². The second kappa shape index (κ2) is 4.52. The lowest BCUT2D eigenvalue weighted by atomic mass is 10.0. The van der Waals surface area contributed by atoms with Gasteiger partial charge in [0.2, 0.25) is 5.91 Å². The fraction of sp³-hybridized carbons (Fsp3) is 0.917. The van der Waals surface area contributed by atoms with E-state index in [4.69, 9.17) is 5.73 Å². The molecule has 3 nitrogen and oxygen atoms in total. The molecule has 0 aromatic rings. The molecule has 2 N–H and O–H groups in total. The van der Waals surface area contributed by atoms with Gasteiger partial charge in [-0.1, -0.05) is 19.8 Å². The van der Waals surface area contributed by atoms with Crippen LogP contribution >= 0.6 is 0 Å². The van der Waals surface area contributed by atoms with Gasteiger partial charge in [-0.3, -0.25) is 4.79 Å². The van der Waals surface area contributed by atoms with E-state index in [0.717, 1.165) is 18.9 Å². The van der Waals surface area contributed by atoms with Crippen molar-refractivity contribution in [2.45, 2.75) is 57.5 Å². The Bertz CT molecular complexity index is 242. The van der Waals surface area contributed by atoms with Crippen molar-refractivity contribution < 1.29 is 4.79 Å². The van der Waals surface area contributed by atoms with E-state index in [2.05, 4.69) is 6.92 Å². The SMILES string of the molecule is CC1CCCC(N2CCC(N)C2=O)CC1. The molecule has 3 heteroatoms. The van der Waals surface area contributed by atoms with E-state index in [1.807, 2.05) is 4.90 Å². The summed E-state index contributed by atoms with van der Waals surface area (Å²) in [6.45, 7) is 3.21. The fourth-order valence-electron chi connectivity index (χ4n) is 2.87. The van der Waals surface area contributed by atoms with E-state index in [-0.39, 0.29) is 11.9 Å². The molecule has 3 atom stereocenters. The minimum atomic E-state index is -0.217. The monoisotopic (exact) mass is 210 g/mol. The first-order chi connectivity index (χ1) is 7.18. The molecule has 1 heterocycles. The molecule has 1 aliphatic carbocycles.